The molecule has 2 nitrogen and oxygen atoms in total. The molecule has 28 aromatic rings. The molecule has 33 rings (SSSR count). The first kappa shape index (κ1) is 23.6. The van der Waals surface area contributed by atoms with Crippen LogP contribution >= 0.6 is 0 Å². The monoisotopic (exact) mass is 804 g/mol. The van der Waals surface area contributed by atoms with Gasteiger partial charge in [-0.25, -0.2) is 4.79 Å². The van der Waals surface area contributed by atoms with E-state index >= 15 is 4.79 Å². The topological polar surface area (TPSA) is 26.3 Å². The normalized spacial score (nSPS) is 22.9. The predicted octanol–water partition coefficient (Wildman–Crippen LogP) is 16.4. The van der Waals surface area contributed by atoms with Crippen LogP contribution in [0, 0.1) is 0 Å². The molecule has 0 saturated carbocycles. The summed E-state index contributed by atoms with van der Waals surface area (Å²) in [6.45, 7) is 0. The zero-order valence-electron chi connectivity index (χ0n) is 33.4. The van der Waals surface area contributed by atoms with Gasteiger partial charge in [0.25, 0.3) is 0 Å². The minimum Gasteiger partial charge on any atom is -0.466 e. The first-order valence-corrected chi connectivity index (χ1v) is 24.4. The maximum absolute atomic E-state index is 15.2. The predicted molar refractivity (Wildman–Crippen MR) is 274 cm³/mol. The summed E-state index contributed by atoms with van der Waals surface area (Å²) in [4.78, 5) is 15.2. The number of hydrogen-bond acceptors (Lipinski definition) is 2. The molecule has 5 aliphatic rings. The van der Waals surface area contributed by atoms with Gasteiger partial charge < -0.3 is 4.74 Å². The van der Waals surface area contributed by atoms with Crippen molar-refractivity contribution in [1.82, 2.24) is 0 Å². The van der Waals surface area contributed by atoms with Crippen molar-refractivity contribution in [1.29, 1.82) is 0 Å². The molecular weight excluding hydrogens is 801 g/mol. The van der Waals surface area contributed by atoms with E-state index in [-0.39, 0.29) is 5.97 Å². The smallest absolute Gasteiger partial charge is 0.334 e. The van der Waals surface area contributed by atoms with Gasteiger partial charge in [0.15, 0.2) is 0 Å². The number of rotatable bonds is 1. The van der Waals surface area contributed by atoms with E-state index in [1.54, 1.807) is 288 Å². The Hall–Kier alpha value is -8.33. The second-order valence-corrected chi connectivity index (χ2v) is 24.4. The second-order valence-electron chi connectivity index (χ2n) is 24.4. The number of ether oxygens (including phenoxy) is 1. The largest absolute Gasteiger partial charge is 0.466 e. The SMILES string of the molecule is COC(=O)C1=CC23c4c5c6c7c8c9c(c%10c%11c2c2c4c4c%12c5c5c6c6c8c8c%13c9c9c%10c%10c%11c%11c2c2c4c4c%12c%12c5c5c6c8c6c8c%13c9c9c%10c%10c%11c2c2c4c4c%12c5c6c5c8c9c%10c2c45)C173. The lowest BCUT2D eigenvalue weighted by atomic mass is 9.39. The first-order valence-electron chi connectivity index (χ1n) is 24.4. The Labute approximate surface area is 356 Å². The van der Waals surface area contributed by atoms with Crippen molar-refractivity contribution >= 4 is 297 Å². The highest BCUT2D eigenvalue weighted by atomic mass is 16.5. The molecule has 0 N–H and O–H groups in total. The number of esters is 1. The fraction of sp³-hybridized carbons (Fsp3) is 0.0469. The lowest BCUT2D eigenvalue weighted by Gasteiger charge is -2.59. The molecule has 0 aliphatic heterocycles. The maximum atomic E-state index is 15.2. The van der Waals surface area contributed by atoms with Gasteiger partial charge in [-0.1, -0.05) is 6.08 Å². The van der Waals surface area contributed by atoms with E-state index in [1.807, 2.05) is 0 Å². The molecule has 0 atom stereocenters. The van der Waals surface area contributed by atoms with E-state index in [0.29, 0.717) is 0 Å². The molecule has 2 heteroatoms. The molecule has 28 aromatic carbocycles. The van der Waals surface area contributed by atoms with Crippen molar-refractivity contribution < 1.29 is 9.53 Å². The average molecular weight is 805 g/mol. The summed E-state index contributed by atoms with van der Waals surface area (Å²) in [5.74, 6) is -0.127. The quantitative estimate of drug-likeness (QED) is 0.122. The van der Waals surface area contributed by atoms with Gasteiger partial charge in [-0.2, -0.15) is 0 Å². The lowest BCUT2D eigenvalue weighted by Crippen LogP contribution is -2.60. The van der Waals surface area contributed by atoms with Crippen molar-refractivity contribution in [2.24, 2.45) is 0 Å². The maximum Gasteiger partial charge on any atom is 0.334 e. The molecule has 0 bridgehead atoms. The molecular formula is C64H4O2. The van der Waals surface area contributed by atoms with Gasteiger partial charge in [-0.15, -0.1) is 0 Å². The third kappa shape index (κ3) is 1.14. The number of carbonyl (C=O) groups is 1. The summed E-state index contributed by atoms with van der Waals surface area (Å²) >= 11 is 0. The van der Waals surface area contributed by atoms with Crippen LogP contribution in [0.15, 0.2) is 11.6 Å². The van der Waals surface area contributed by atoms with Gasteiger partial charge in [-0.3, -0.25) is 0 Å². The zero-order chi connectivity index (χ0) is 39.1. The molecule has 0 amide bonds. The molecule has 0 aromatic heterocycles. The van der Waals surface area contributed by atoms with Gasteiger partial charge in [0.1, 0.15) is 0 Å². The minimum atomic E-state index is -0.647. The highest BCUT2D eigenvalue weighted by molar-refractivity contribution is 6.82. The van der Waals surface area contributed by atoms with E-state index < -0.39 is 10.8 Å². The number of carbonyl (C=O) groups excluding carboxylic acids is 1. The molecule has 0 saturated heterocycles. The molecule has 2 spiro atoms. The van der Waals surface area contributed by atoms with E-state index in [1.165, 1.54) is 32.7 Å². The van der Waals surface area contributed by atoms with Crippen LogP contribution in [0.25, 0.3) is 291 Å². The minimum absolute atomic E-state index is 0.127. The summed E-state index contributed by atoms with van der Waals surface area (Å²) in [6.07, 6.45) is 2.55. The molecule has 272 valence electrons. The Balaban J connectivity index is 1.26. The summed E-state index contributed by atoms with van der Waals surface area (Å²) in [5, 5.41) is 85.7. The zero-order valence-corrected chi connectivity index (χ0v) is 33.4. The highest BCUT2D eigenvalue weighted by Gasteiger charge is 2.75. The van der Waals surface area contributed by atoms with Gasteiger partial charge in [-0.05, 0) is 313 Å². The van der Waals surface area contributed by atoms with E-state index in [9.17, 15) is 0 Å². The fourth-order valence-corrected chi connectivity index (χ4v) is 24.6. The Morgan fingerprint density at radius 2 is 0.409 bits per heavy atom. The summed E-state index contributed by atoms with van der Waals surface area (Å²) in [7, 11) is 1.65. The third-order valence-corrected chi connectivity index (χ3v) is 24.6. The number of hydrogen-bond donors (Lipinski definition) is 0. The number of allylic oxidation sites excluding steroid dienone is 1. The molecule has 66 heavy (non-hydrogen) atoms. The van der Waals surface area contributed by atoms with Gasteiger partial charge in [0.2, 0.25) is 0 Å². The Morgan fingerprint density at radius 1 is 0.258 bits per heavy atom. The number of methoxy groups -OCH3 is 1. The van der Waals surface area contributed by atoms with Crippen molar-refractivity contribution in [3.63, 3.8) is 0 Å². The molecule has 0 radical (unpaired) electrons. The van der Waals surface area contributed by atoms with Crippen molar-refractivity contribution in [2.45, 2.75) is 10.8 Å². The van der Waals surface area contributed by atoms with E-state index in [0.717, 1.165) is 5.57 Å². The van der Waals surface area contributed by atoms with Gasteiger partial charge in [0, 0.05) is 0 Å². The summed E-state index contributed by atoms with van der Waals surface area (Å²) in [6, 6.07) is 0. The van der Waals surface area contributed by atoms with Crippen LogP contribution in [0.2, 0.25) is 0 Å². The first-order chi connectivity index (χ1) is 32.8. The fourth-order valence-electron chi connectivity index (χ4n) is 24.6. The van der Waals surface area contributed by atoms with Crippen molar-refractivity contribution in [3.8, 4) is 0 Å². The highest BCUT2D eigenvalue weighted by Crippen LogP contribution is 2.87. The molecule has 0 unspecified atom stereocenters. The van der Waals surface area contributed by atoms with Crippen molar-refractivity contribution in [2.75, 3.05) is 7.11 Å². The second kappa shape index (κ2) is 5.09. The van der Waals surface area contributed by atoms with Crippen LogP contribution in [0.5, 0.6) is 0 Å². The third-order valence-electron chi connectivity index (χ3n) is 24.6. The van der Waals surface area contributed by atoms with E-state index in [4.69, 9.17) is 4.74 Å². The van der Waals surface area contributed by atoms with Gasteiger partial charge in [0.05, 0.1) is 23.5 Å². The van der Waals surface area contributed by atoms with Gasteiger partial charge >= 0.3 is 5.97 Å². The van der Waals surface area contributed by atoms with Crippen LogP contribution in [0.1, 0.15) is 22.3 Å². The van der Waals surface area contributed by atoms with Crippen LogP contribution in [0.3, 0.4) is 0 Å². The lowest BCUT2D eigenvalue weighted by molar-refractivity contribution is -0.137. The Morgan fingerprint density at radius 3 is 0.576 bits per heavy atom. The average Bonchev–Trinajstić information content (AvgIpc) is 4.17. The van der Waals surface area contributed by atoms with Crippen LogP contribution in [0.4, 0.5) is 0 Å². The van der Waals surface area contributed by atoms with E-state index in [2.05, 4.69) is 6.08 Å². The summed E-state index contributed by atoms with van der Waals surface area (Å²) in [5.41, 5.74) is 5.93. The molecule has 0 heterocycles. The molecule has 5 aliphatic carbocycles. The Bertz CT molecular complexity index is 6970. The Kier molecular flexibility index (Phi) is 1.82. The van der Waals surface area contributed by atoms with Crippen LogP contribution < -0.4 is 0 Å². The van der Waals surface area contributed by atoms with Crippen LogP contribution in [-0.4, -0.2) is 13.1 Å². The standard InChI is InChI=1S/C64H4O2/c1-66-62(65)3-2-63-58-50-42-32-22-14-6-4-5-8-12-10(6)18-26-20(12)30-24-16(8)17-9(5)13-11-7(4)15(14)23-29-19(11)27-21(13)31-25(17)35-34(24)46-40(30)48-38(26)44(36(42)28(18)22)52(58)54(48)60-56(46)57-47(35)41(31)49-39(27)45-37(29)43(33(23)32)51(50)59(63)53(45)55(49)61(57)64(3,60)63/h2H,1H3. The van der Waals surface area contributed by atoms with Crippen molar-refractivity contribution in [3.05, 3.63) is 33.9 Å². The number of benzene rings is 18. The molecule has 0 fully saturated rings. The van der Waals surface area contributed by atoms with Crippen LogP contribution in [-0.2, 0) is 20.4 Å². The summed E-state index contributed by atoms with van der Waals surface area (Å²) < 4.78 is 6.09.